The molecule has 0 saturated heterocycles. The van der Waals surface area contributed by atoms with Crippen LogP contribution in [0.1, 0.15) is 50.5 Å². The van der Waals surface area contributed by atoms with E-state index in [1.807, 2.05) is 0 Å². The number of nitrogens with zero attached hydrogens (tertiary/aromatic N) is 1. The van der Waals surface area contributed by atoms with Gasteiger partial charge in [0.1, 0.15) is 5.82 Å². The summed E-state index contributed by atoms with van der Waals surface area (Å²) in [4.78, 5) is 14.5. The second kappa shape index (κ2) is 7.30. The van der Waals surface area contributed by atoms with Gasteiger partial charge in [0.15, 0.2) is 0 Å². The van der Waals surface area contributed by atoms with Crippen LogP contribution in [0.3, 0.4) is 0 Å². The van der Waals surface area contributed by atoms with Crippen LogP contribution in [0.15, 0.2) is 24.3 Å². The van der Waals surface area contributed by atoms with Crippen molar-refractivity contribution in [3.05, 3.63) is 35.6 Å². The third-order valence-electron chi connectivity index (χ3n) is 5.10. The lowest BCUT2D eigenvalue weighted by Crippen LogP contribution is -2.51. The molecular formula is C18H25FN2O2. The second-order valence-electron chi connectivity index (χ2n) is 6.76. The van der Waals surface area contributed by atoms with Crippen molar-refractivity contribution in [1.82, 2.24) is 10.2 Å². The summed E-state index contributed by atoms with van der Waals surface area (Å²) in [5.41, 5.74) is 0.564. The zero-order valence-corrected chi connectivity index (χ0v) is 13.4. The molecule has 0 radical (unpaired) electrons. The molecule has 0 bridgehead atoms. The third-order valence-corrected chi connectivity index (χ3v) is 5.10. The Morgan fingerprint density at radius 3 is 2.48 bits per heavy atom. The van der Waals surface area contributed by atoms with E-state index in [1.165, 1.54) is 6.07 Å². The number of rotatable bonds is 4. The van der Waals surface area contributed by atoms with Crippen LogP contribution in [0.2, 0.25) is 0 Å². The number of aliphatic hydroxyl groups excluding tert-OH is 1. The van der Waals surface area contributed by atoms with Gasteiger partial charge >= 0.3 is 6.03 Å². The van der Waals surface area contributed by atoms with Crippen molar-refractivity contribution < 1.29 is 14.3 Å². The van der Waals surface area contributed by atoms with Crippen LogP contribution in [0.5, 0.6) is 0 Å². The number of carbonyl (C=O) groups is 1. The van der Waals surface area contributed by atoms with E-state index in [4.69, 9.17) is 0 Å². The highest BCUT2D eigenvalue weighted by Crippen LogP contribution is 2.27. The summed E-state index contributed by atoms with van der Waals surface area (Å²) in [6.07, 6.45) is 5.97. The Balaban J connectivity index is 1.64. The maximum absolute atomic E-state index is 13.9. The van der Waals surface area contributed by atoms with Crippen molar-refractivity contribution >= 4 is 6.03 Å². The average Bonchev–Trinajstić information content (AvgIpc) is 2.49. The highest BCUT2D eigenvalue weighted by molar-refractivity contribution is 5.75. The molecule has 2 N–H and O–H groups in total. The van der Waals surface area contributed by atoms with Crippen molar-refractivity contribution in [1.29, 1.82) is 0 Å². The minimum absolute atomic E-state index is 0.0978. The fourth-order valence-corrected chi connectivity index (χ4v) is 3.35. The Hall–Kier alpha value is -1.62. The Labute approximate surface area is 136 Å². The Morgan fingerprint density at radius 1 is 1.17 bits per heavy atom. The first-order chi connectivity index (χ1) is 11.1. The van der Waals surface area contributed by atoms with Gasteiger partial charge in [0.25, 0.3) is 0 Å². The van der Waals surface area contributed by atoms with Crippen molar-refractivity contribution in [3.63, 3.8) is 0 Å². The minimum Gasteiger partial charge on any atom is -0.393 e. The van der Waals surface area contributed by atoms with Gasteiger partial charge in [0.2, 0.25) is 0 Å². The van der Waals surface area contributed by atoms with Crippen LogP contribution in [0.4, 0.5) is 9.18 Å². The molecule has 0 aliphatic heterocycles. The van der Waals surface area contributed by atoms with Crippen LogP contribution in [-0.4, -0.2) is 34.2 Å². The molecule has 126 valence electrons. The predicted octanol–water partition coefficient (Wildman–Crippen LogP) is 3.19. The molecule has 2 fully saturated rings. The number of benzene rings is 1. The molecule has 0 spiro atoms. The fourth-order valence-electron chi connectivity index (χ4n) is 3.35. The van der Waals surface area contributed by atoms with Crippen molar-refractivity contribution in [2.24, 2.45) is 0 Å². The largest absolute Gasteiger partial charge is 0.393 e. The number of hydrogen-bond donors (Lipinski definition) is 2. The van der Waals surface area contributed by atoms with Crippen molar-refractivity contribution in [3.8, 4) is 0 Å². The first kappa shape index (κ1) is 16.2. The zero-order chi connectivity index (χ0) is 16.2. The van der Waals surface area contributed by atoms with Crippen LogP contribution < -0.4 is 5.32 Å². The van der Waals surface area contributed by atoms with E-state index in [0.717, 1.165) is 44.9 Å². The summed E-state index contributed by atoms with van der Waals surface area (Å²) in [5.74, 6) is -0.259. The van der Waals surface area contributed by atoms with E-state index in [-0.39, 0.29) is 30.0 Å². The second-order valence-corrected chi connectivity index (χ2v) is 6.76. The molecule has 0 atom stereocenters. The average molecular weight is 320 g/mol. The number of nitrogens with one attached hydrogen (secondary N) is 1. The van der Waals surface area contributed by atoms with Crippen molar-refractivity contribution in [2.45, 2.75) is 69.7 Å². The predicted molar refractivity (Wildman–Crippen MR) is 86.4 cm³/mol. The summed E-state index contributed by atoms with van der Waals surface area (Å²) < 4.78 is 13.9. The minimum atomic E-state index is -0.259. The molecule has 0 unspecified atom stereocenters. The third kappa shape index (κ3) is 4.02. The molecule has 5 heteroatoms. The zero-order valence-electron chi connectivity index (χ0n) is 13.4. The number of hydrogen-bond acceptors (Lipinski definition) is 2. The molecule has 2 amide bonds. The van der Waals surface area contributed by atoms with E-state index in [9.17, 15) is 14.3 Å². The summed E-state index contributed by atoms with van der Waals surface area (Å²) in [7, 11) is 0. The first-order valence-corrected chi connectivity index (χ1v) is 8.62. The summed E-state index contributed by atoms with van der Waals surface area (Å²) in [6, 6.07) is 6.88. The Kier molecular flexibility index (Phi) is 5.16. The van der Waals surface area contributed by atoms with Gasteiger partial charge in [0, 0.05) is 17.6 Å². The number of halogens is 1. The molecule has 1 aromatic rings. The highest BCUT2D eigenvalue weighted by atomic mass is 19.1. The Morgan fingerprint density at radius 2 is 1.87 bits per heavy atom. The smallest absolute Gasteiger partial charge is 0.318 e. The van der Waals surface area contributed by atoms with E-state index < -0.39 is 0 Å². The lowest BCUT2D eigenvalue weighted by molar-refractivity contribution is 0.105. The monoisotopic (exact) mass is 320 g/mol. The maximum Gasteiger partial charge on any atom is 0.318 e. The van der Waals surface area contributed by atoms with E-state index in [0.29, 0.717) is 12.1 Å². The van der Waals surface area contributed by atoms with E-state index >= 15 is 0 Å². The lowest BCUT2D eigenvalue weighted by atomic mass is 9.91. The number of amides is 2. The first-order valence-electron chi connectivity index (χ1n) is 8.62. The molecule has 23 heavy (non-hydrogen) atoms. The van der Waals surface area contributed by atoms with Crippen LogP contribution in [0.25, 0.3) is 0 Å². The fraction of sp³-hybridized carbons (Fsp3) is 0.611. The summed E-state index contributed by atoms with van der Waals surface area (Å²) >= 11 is 0. The molecule has 2 aliphatic rings. The molecule has 2 aliphatic carbocycles. The topological polar surface area (TPSA) is 52.6 Å². The summed E-state index contributed by atoms with van der Waals surface area (Å²) in [5, 5.41) is 12.6. The van der Waals surface area contributed by atoms with E-state index in [2.05, 4.69) is 5.32 Å². The van der Waals surface area contributed by atoms with Gasteiger partial charge in [-0.05, 0) is 51.0 Å². The summed E-state index contributed by atoms with van der Waals surface area (Å²) in [6.45, 7) is 0.318. The number of urea groups is 1. The van der Waals surface area contributed by atoms with Gasteiger partial charge in [0.05, 0.1) is 12.6 Å². The maximum atomic E-state index is 13.9. The number of carbonyl (C=O) groups excluding carboxylic acids is 1. The van der Waals surface area contributed by atoms with Crippen molar-refractivity contribution in [2.75, 3.05) is 0 Å². The van der Waals surface area contributed by atoms with Gasteiger partial charge in [-0.2, -0.15) is 0 Å². The molecule has 1 aromatic carbocycles. The standard InChI is InChI=1S/C18H25FN2O2/c19-17-7-2-1-4-13(17)12-21(15-5-3-6-15)18(23)20-14-8-10-16(22)11-9-14/h1-2,4,7,14-16,22H,3,5-6,8-12H2,(H,20,23). The molecule has 3 rings (SSSR count). The molecule has 0 heterocycles. The Bertz CT molecular complexity index is 540. The van der Waals surface area contributed by atoms with Crippen LogP contribution in [0, 0.1) is 5.82 Å². The van der Waals surface area contributed by atoms with Gasteiger partial charge < -0.3 is 15.3 Å². The van der Waals surface area contributed by atoms with E-state index in [1.54, 1.807) is 23.1 Å². The quantitative estimate of drug-likeness (QED) is 0.895. The molecule has 2 saturated carbocycles. The molecule has 4 nitrogen and oxygen atoms in total. The van der Waals surface area contributed by atoms with Gasteiger partial charge in [-0.3, -0.25) is 0 Å². The van der Waals surface area contributed by atoms with Crippen LogP contribution in [-0.2, 0) is 6.54 Å². The van der Waals surface area contributed by atoms with Gasteiger partial charge in [-0.15, -0.1) is 0 Å². The van der Waals surface area contributed by atoms with Crippen LogP contribution >= 0.6 is 0 Å². The number of aliphatic hydroxyl groups is 1. The highest BCUT2D eigenvalue weighted by Gasteiger charge is 2.31. The SMILES string of the molecule is O=C(NC1CCC(O)CC1)N(Cc1ccccc1F)C1CCC1. The van der Waals surface area contributed by atoms with Gasteiger partial charge in [-0.1, -0.05) is 18.2 Å². The normalized spacial score (nSPS) is 24.8. The van der Waals surface area contributed by atoms with Gasteiger partial charge in [-0.25, -0.2) is 9.18 Å². The molecule has 0 aromatic heterocycles. The lowest BCUT2D eigenvalue weighted by Gasteiger charge is -2.39. The molecular weight excluding hydrogens is 295 g/mol.